The number of carbonyl (C=O) groups is 2. The van der Waals surface area contributed by atoms with Crippen molar-refractivity contribution in [3.05, 3.63) is 0 Å². The molecule has 1 fully saturated rings. The van der Waals surface area contributed by atoms with Crippen LogP contribution < -0.4 is 10.6 Å². The minimum Gasteiger partial charge on any atom is -0.481 e. The Labute approximate surface area is 108 Å². The number of carboxylic acid groups (broad SMARTS) is 1. The molecule has 2 unspecified atom stereocenters. The highest BCUT2D eigenvalue weighted by Crippen LogP contribution is 2.29. The van der Waals surface area contributed by atoms with E-state index in [1.54, 1.807) is 0 Å². The number of aliphatic carboxylic acids is 1. The second kappa shape index (κ2) is 7.36. The summed E-state index contributed by atoms with van der Waals surface area (Å²) in [5.74, 6) is -0.830. The van der Waals surface area contributed by atoms with E-state index < -0.39 is 5.97 Å². The number of carboxylic acids is 1. The van der Waals surface area contributed by atoms with E-state index >= 15 is 0 Å². The Morgan fingerprint density at radius 3 is 2.56 bits per heavy atom. The minimum absolute atomic E-state index is 0.0346. The Bertz CT molecular complexity index is 292. The molecule has 0 saturated heterocycles. The Morgan fingerprint density at radius 1 is 1.28 bits per heavy atom. The van der Waals surface area contributed by atoms with Gasteiger partial charge in [0.25, 0.3) is 0 Å². The molecule has 5 heteroatoms. The van der Waals surface area contributed by atoms with Crippen LogP contribution in [0, 0.1) is 11.8 Å². The summed E-state index contributed by atoms with van der Waals surface area (Å²) in [5.41, 5.74) is 0. The third-order valence-corrected chi connectivity index (χ3v) is 3.37. The van der Waals surface area contributed by atoms with Gasteiger partial charge in [0, 0.05) is 6.04 Å². The zero-order chi connectivity index (χ0) is 13.5. The maximum atomic E-state index is 11.4. The maximum absolute atomic E-state index is 11.4. The summed E-state index contributed by atoms with van der Waals surface area (Å²) in [6.45, 7) is 4.71. The highest BCUT2D eigenvalue weighted by molar-refractivity contribution is 5.78. The van der Waals surface area contributed by atoms with Crippen LogP contribution in [0.5, 0.6) is 0 Å². The minimum atomic E-state index is -0.701. The van der Waals surface area contributed by atoms with Gasteiger partial charge in [0.2, 0.25) is 5.91 Å². The van der Waals surface area contributed by atoms with Crippen LogP contribution >= 0.6 is 0 Å². The smallest absolute Gasteiger partial charge is 0.306 e. The van der Waals surface area contributed by atoms with Gasteiger partial charge in [0.05, 0.1) is 12.5 Å². The highest BCUT2D eigenvalue weighted by Gasteiger charge is 2.30. The van der Waals surface area contributed by atoms with Crippen molar-refractivity contribution in [2.45, 2.75) is 45.6 Å². The van der Waals surface area contributed by atoms with E-state index in [9.17, 15) is 9.59 Å². The van der Waals surface area contributed by atoms with Gasteiger partial charge in [0.1, 0.15) is 0 Å². The Kier molecular flexibility index (Phi) is 6.12. The number of hydrogen-bond acceptors (Lipinski definition) is 3. The van der Waals surface area contributed by atoms with Crippen molar-refractivity contribution < 1.29 is 14.7 Å². The number of carbonyl (C=O) groups excluding carboxylic acids is 1. The summed E-state index contributed by atoms with van der Waals surface area (Å²) in [5, 5.41) is 15.0. The summed E-state index contributed by atoms with van der Waals surface area (Å²) < 4.78 is 0. The van der Waals surface area contributed by atoms with E-state index in [0.29, 0.717) is 6.54 Å². The average Bonchev–Trinajstić information content (AvgIpc) is 2.28. The van der Waals surface area contributed by atoms with E-state index in [1.807, 2.05) is 13.8 Å². The molecule has 1 aliphatic carbocycles. The highest BCUT2D eigenvalue weighted by atomic mass is 16.4. The molecule has 0 bridgehead atoms. The van der Waals surface area contributed by atoms with Gasteiger partial charge in [0.15, 0.2) is 0 Å². The second-order valence-corrected chi connectivity index (χ2v) is 5.34. The lowest BCUT2D eigenvalue weighted by Crippen LogP contribution is -2.41. The van der Waals surface area contributed by atoms with Gasteiger partial charge in [-0.15, -0.1) is 0 Å². The van der Waals surface area contributed by atoms with Gasteiger partial charge in [-0.2, -0.15) is 0 Å². The molecular formula is C13H24N2O3. The number of rotatable bonds is 6. The van der Waals surface area contributed by atoms with E-state index in [0.717, 1.165) is 25.7 Å². The number of amides is 1. The van der Waals surface area contributed by atoms with Crippen molar-refractivity contribution in [2.24, 2.45) is 11.8 Å². The molecule has 0 heterocycles. The van der Waals surface area contributed by atoms with Crippen LogP contribution in [-0.4, -0.2) is 36.1 Å². The third-order valence-electron chi connectivity index (χ3n) is 3.37. The molecule has 18 heavy (non-hydrogen) atoms. The van der Waals surface area contributed by atoms with Gasteiger partial charge >= 0.3 is 5.97 Å². The van der Waals surface area contributed by atoms with E-state index in [2.05, 4.69) is 10.6 Å². The van der Waals surface area contributed by atoms with Crippen molar-refractivity contribution >= 4 is 11.9 Å². The standard InChI is InChI=1S/C13H24N2O3/c1-9(2)15-12(16)8-14-7-10-5-3-4-6-11(10)13(17)18/h9-11,14H,3-8H2,1-2H3,(H,15,16)(H,17,18). The monoisotopic (exact) mass is 256 g/mol. The molecule has 0 radical (unpaired) electrons. The Hall–Kier alpha value is -1.10. The first-order chi connectivity index (χ1) is 8.50. The normalized spacial score (nSPS) is 23.9. The fourth-order valence-electron chi connectivity index (χ4n) is 2.52. The first-order valence-electron chi connectivity index (χ1n) is 6.73. The Morgan fingerprint density at radius 2 is 1.94 bits per heavy atom. The molecule has 0 aliphatic heterocycles. The lowest BCUT2D eigenvalue weighted by atomic mass is 9.79. The molecule has 1 aliphatic rings. The molecule has 2 atom stereocenters. The molecule has 104 valence electrons. The van der Waals surface area contributed by atoms with Crippen LogP contribution in [0.3, 0.4) is 0 Å². The largest absolute Gasteiger partial charge is 0.481 e. The predicted molar refractivity (Wildman–Crippen MR) is 69.2 cm³/mol. The van der Waals surface area contributed by atoms with Gasteiger partial charge in [-0.3, -0.25) is 9.59 Å². The lowest BCUT2D eigenvalue weighted by molar-refractivity contribution is -0.144. The summed E-state index contributed by atoms with van der Waals surface area (Å²) >= 11 is 0. The second-order valence-electron chi connectivity index (χ2n) is 5.34. The molecular weight excluding hydrogens is 232 g/mol. The molecule has 0 spiro atoms. The molecule has 1 saturated carbocycles. The number of nitrogens with one attached hydrogen (secondary N) is 2. The zero-order valence-corrected chi connectivity index (χ0v) is 11.2. The van der Waals surface area contributed by atoms with Gasteiger partial charge < -0.3 is 15.7 Å². The molecule has 0 aromatic carbocycles. The molecule has 5 nitrogen and oxygen atoms in total. The molecule has 0 aromatic heterocycles. The van der Waals surface area contributed by atoms with Crippen LogP contribution in [0.2, 0.25) is 0 Å². The molecule has 1 amide bonds. The van der Waals surface area contributed by atoms with Gasteiger partial charge in [-0.05, 0) is 39.2 Å². The SMILES string of the molecule is CC(C)NC(=O)CNCC1CCCCC1C(=O)O. The van der Waals surface area contributed by atoms with Crippen molar-refractivity contribution in [2.75, 3.05) is 13.1 Å². The quantitative estimate of drug-likeness (QED) is 0.662. The summed E-state index contributed by atoms with van der Waals surface area (Å²) in [7, 11) is 0. The molecule has 3 N–H and O–H groups in total. The zero-order valence-electron chi connectivity index (χ0n) is 11.2. The topological polar surface area (TPSA) is 78.4 Å². The summed E-state index contributed by atoms with van der Waals surface area (Å²) in [4.78, 5) is 22.5. The van der Waals surface area contributed by atoms with Crippen LogP contribution in [0.4, 0.5) is 0 Å². The molecule has 0 aromatic rings. The summed E-state index contributed by atoms with van der Waals surface area (Å²) in [6, 6.07) is 0.140. The van der Waals surface area contributed by atoms with Crippen LogP contribution in [0.15, 0.2) is 0 Å². The molecule has 1 rings (SSSR count). The van der Waals surface area contributed by atoms with Crippen LogP contribution in [0.1, 0.15) is 39.5 Å². The Balaban J connectivity index is 2.28. The fraction of sp³-hybridized carbons (Fsp3) is 0.846. The van der Waals surface area contributed by atoms with Crippen LogP contribution in [-0.2, 0) is 9.59 Å². The van der Waals surface area contributed by atoms with Crippen molar-refractivity contribution in [3.8, 4) is 0 Å². The third kappa shape index (κ3) is 5.04. The van der Waals surface area contributed by atoms with Gasteiger partial charge in [-0.1, -0.05) is 12.8 Å². The van der Waals surface area contributed by atoms with Crippen molar-refractivity contribution in [3.63, 3.8) is 0 Å². The number of hydrogen-bond donors (Lipinski definition) is 3. The predicted octanol–water partition coefficient (Wildman–Crippen LogP) is 0.992. The van der Waals surface area contributed by atoms with Gasteiger partial charge in [-0.25, -0.2) is 0 Å². The average molecular weight is 256 g/mol. The van der Waals surface area contributed by atoms with E-state index in [4.69, 9.17) is 5.11 Å². The first-order valence-corrected chi connectivity index (χ1v) is 6.73. The van der Waals surface area contributed by atoms with Crippen LogP contribution in [0.25, 0.3) is 0 Å². The van der Waals surface area contributed by atoms with Crippen molar-refractivity contribution in [1.29, 1.82) is 0 Å². The van der Waals surface area contributed by atoms with E-state index in [-0.39, 0.29) is 30.3 Å². The lowest BCUT2D eigenvalue weighted by Gasteiger charge is -2.28. The summed E-state index contributed by atoms with van der Waals surface area (Å²) in [6.07, 6.45) is 3.80. The fourth-order valence-corrected chi connectivity index (χ4v) is 2.52. The van der Waals surface area contributed by atoms with Crippen molar-refractivity contribution in [1.82, 2.24) is 10.6 Å². The first kappa shape index (κ1) is 15.0. The van der Waals surface area contributed by atoms with E-state index in [1.165, 1.54) is 0 Å². The maximum Gasteiger partial charge on any atom is 0.306 e.